The minimum Gasteiger partial charge on any atom is -0.391 e. The Bertz CT molecular complexity index is 666. The topological polar surface area (TPSA) is 79.2 Å². The summed E-state index contributed by atoms with van der Waals surface area (Å²) in [6, 6.07) is 9.14. The lowest BCUT2D eigenvalue weighted by atomic mass is 10.2. The average Bonchev–Trinajstić information content (AvgIpc) is 2.84. The van der Waals surface area contributed by atoms with E-state index in [9.17, 15) is 9.90 Å². The molecule has 0 aliphatic heterocycles. The molecule has 0 aliphatic carbocycles. The van der Waals surface area contributed by atoms with Gasteiger partial charge in [0.15, 0.2) is 0 Å². The van der Waals surface area contributed by atoms with Crippen molar-refractivity contribution in [2.75, 3.05) is 11.9 Å². The van der Waals surface area contributed by atoms with Gasteiger partial charge in [-0.2, -0.15) is 5.10 Å². The number of nitrogens with zero attached hydrogens (tertiary/aromatic N) is 2. The maximum absolute atomic E-state index is 12.0. The van der Waals surface area contributed by atoms with Gasteiger partial charge in [-0.3, -0.25) is 0 Å². The summed E-state index contributed by atoms with van der Waals surface area (Å²) in [5, 5.41) is 19.6. The lowest BCUT2D eigenvalue weighted by Gasteiger charge is -2.14. The van der Waals surface area contributed by atoms with Gasteiger partial charge in [0.25, 0.3) is 0 Å². The first-order valence-corrected chi connectivity index (χ1v) is 7.87. The lowest BCUT2D eigenvalue weighted by molar-refractivity contribution is 0.162. The number of para-hydroxylation sites is 2. The van der Waals surface area contributed by atoms with Crippen LogP contribution in [0.25, 0.3) is 5.69 Å². The summed E-state index contributed by atoms with van der Waals surface area (Å²) in [6.07, 6.45) is 1.03. The summed E-state index contributed by atoms with van der Waals surface area (Å²) in [5.74, 6) is 0. The van der Waals surface area contributed by atoms with Crippen LogP contribution in [0.4, 0.5) is 10.5 Å². The number of carbonyl (C=O) groups excluding carboxylic acids is 1. The van der Waals surface area contributed by atoms with E-state index < -0.39 is 6.10 Å². The van der Waals surface area contributed by atoms with Crippen LogP contribution in [0.2, 0.25) is 0 Å². The van der Waals surface area contributed by atoms with Crippen LogP contribution in [0.3, 0.4) is 0 Å². The Labute approximate surface area is 136 Å². The number of amides is 2. The van der Waals surface area contributed by atoms with E-state index in [4.69, 9.17) is 0 Å². The van der Waals surface area contributed by atoms with E-state index in [1.807, 2.05) is 51.1 Å². The van der Waals surface area contributed by atoms with Gasteiger partial charge in [-0.15, -0.1) is 0 Å². The fourth-order valence-electron chi connectivity index (χ4n) is 2.45. The van der Waals surface area contributed by atoms with Crippen molar-refractivity contribution < 1.29 is 9.90 Å². The fraction of sp³-hybridized carbons (Fsp3) is 0.412. The SMILES string of the molecule is CCC[C@@H](O)CNC(=O)Nc1ccccc1-n1nc(C)cc1C. The summed E-state index contributed by atoms with van der Waals surface area (Å²) in [6.45, 7) is 6.13. The average molecular weight is 316 g/mol. The molecule has 0 aliphatic rings. The molecule has 2 amide bonds. The maximum Gasteiger partial charge on any atom is 0.319 e. The van der Waals surface area contributed by atoms with E-state index in [2.05, 4.69) is 15.7 Å². The summed E-state index contributed by atoms with van der Waals surface area (Å²) < 4.78 is 1.80. The molecule has 1 atom stereocenters. The molecule has 0 bridgehead atoms. The van der Waals surface area contributed by atoms with Crippen LogP contribution >= 0.6 is 0 Å². The zero-order valence-electron chi connectivity index (χ0n) is 13.8. The number of hydrogen-bond donors (Lipinski definition) is 3. The number of aliphatic hydroxyl groups is 1. The van der Waals surface area contributed by atoms with E-state index in [1.54, 1.807) is 4.68 Å². The largest absolute Gasteiger partial charge is 0.391 e. The molecule has 0 spiro atoms. The quantitative estimate of drug-likeness (QED) is 0.766. The van der Waals surface area contributed by atoms with Crippen LogP contribution in [0.5, 0.6) is 0 Å². The van der Waals surface area contributed by atoms with Gasteiger partial charge >= 0.3 is 6.03 Å². The van der Waals surface area contributed by atoms with Gasteiger partial charge in [0.1, 0.15) is 0 Å². The van der Waals surface area contributed by atoms with Gasteiger partial charge in [0, 0.05) is 12.2 Å². The molecule has 1 aromatic carbocycles. The van der Waals surface area contributed by atoms with E-state index >= 15 is 0 Å². The molecule has 3 N–H and O–H groups in total. The highest BCUT2D eigenvalue weighted by Gasteiger charge is 2.11. The summed E-state index contributed by atoms with van der Waals surface area (Å²) >= 11 is 0. The number of urea groups is 1. The Balaban J connectivity index is 2.09. The van der Waals surface area contributed by atoms with Crippen molar-refractivity contribution in [2.24, 2.45) is 0 Å². The molecule has 1 heterocycles. The Kier molecular flexibility index (Phi) is 5.76. The number of hydrogen-bond acceptors (Lipinski definition) is 3. The van der Waals surface area contributed by atoms with Crippen LogP contribution in [0, 0.1) is 13.8 Å². The Hall–Kier alpha value is -2.34. The molecule has 23 heavy (non-hydrogen) atoms. The van der Waals surface area contributed by atoms with E-state index in [1.165, 1.54) is 0 Å². The molecular weight excluding hydrogens is 292 g/mol. The van der Waals surface area contributed by atoms with Gasteiger partial charge in [-0.05, 0) is 38.5 Å². The molecule has 6 nitrogen and oxygen atoms in total. The zero-order chi connectivity index (χ0) is 16.8. The second-order valence-corrected chi connectivity index (χ2v) is 5.63. The normalized spacial score (nSPS) is 12.0. The van der Waals surface area contributed by atoms with Crippen molar-refractivity contribution >= 4 is 11.7 Å². The van der Waals surface area contributed by atoms with Gasteiger partial charge in [-0.1, -0.05) is 25.5 Å². The molecule has 6 heteroatoms. The highest BCUT2D eigenvalue weighted by Crippen LogP contribution is 2.21. The standard InChI is InChI=1S/C17H24N4O2/c1-4-7-14(22)11-18-17(23)19-15-8-5-6-9-16(15)21-13(3)10-12(2)20-21/h5-6,8-10,14,22H,4,7,11H2,1-3H3,(H2,18,19,23)/t14-/m1/s1. The van der Waals surface area contributed by atoms with Crippen LogP contribution in [0.15, 0.2) is 30.3 Å². The second kappa shape index (κ2) is 7.78. The highest BCUT2D eigenvalue weighted by atomic mass is 16.3. The molecule has 0 fully saturated rings. The summed E-state index contributed by atoms with van der Waals surface area (Å²) in [4.78, 5) is 12.0. The van der Waals surface area contributed by atoms with Gasteiger partial charge in [0.2, 0.25) is 0 Å². The number of rotatable bonds is 6. The van der Waals surface area contributed by atoms with Crippen LogP contribution in [-0.2, 0) is 0 Å². The second-order valence-electron chi connectivity index (χ2n) is 5.63. The first-order valence-electron chi connectivity index (χ1n) is 7.87. The molecule has 0 saturated carbocycles. The first-order chi connectivity index (χ1) is 11.0. The van der Waals surface area contributed by atoms with E-state index in [-0.39, 0.29) is 12.6 Å². The predicted molar refractivity (Wildman–Crippen MR) is 91.0 cm³/mol. The summed E-state index contributed by atoms with van der Waals surface area (Å²) in [5.41, 5.74) is 3.39. The lowest BCUT2D eigenvalue weighted by Crippen LogP contribution is -2.35. The number of nitrogens with one attached hydrogen (secondary N) is 2. The Morgan fingerprint density at radius 1 is 1.35 bits per heavy atom. The molecule has 2 aromatic rings. The van der Waals surface area contributed by atoms with E-state index in [0.29, 0.717) is 12.1 Å². The van der Waals surface area contributed by atoms with Gasteiger partial charge in [0.05, 0.1) is 23.2 Å². The maximum atomic E-state index is 12.0. The molecule has 0 unspecified atom stereocenters. The molecule has 0 saturated heterocycles. The van der Waals surface area contributed by atoms with Crippen LogP contribution in [0.1, 0.15) is 31.2 Å². The molecule has 2 rings (SSSR count). The predicted octanol–water partition coefficient (Wildman–Crippen LogP) is 2.77. The van der Waals surface area contributed by atoms with Crippen molar-refractivity contribution in [3.63, 3.8) is 0 Å². The fourth-order valence-corrected chi connectivity index (χ4v) is 2.45. The van der Waals surface area contributed by atoms with Crippen molar-refractivity contribution in [1.82, 2.24) is 15.1 Å². The van der Waals surface area contributed by atoms with Crippen LogP contribution < -0.4 is 10.6 Å². The minimum absolute atomic E-state index is 0.238. The number of anilines is 1. The van der Waals surface area contributed by atoms with Gasteiger partial charge in [-0.25, -0.2) is 9.48 Å². The molecule has 1 aromatic heterocycles. The third kappa shape index (κ3) is 4.56. The van der Waals surface area contributed by atoms with Gasteiger partial charge < -0.3 is 15.7 Å². The number of aryl methyl sites for hydroxylation is 2. The summed E-state index contributed by atoms with van der Waals surface area (Å²) in [7, 11) is 0. The number of aliphatic hydroxyl groups excluding tert-OH is 1. The minimum atomic E-state index is -0.517. The highest BCUT2D eigenvalue weighted by molar-refractivity contribution is 5.91. The van der Waals surface area contributed by atoms with Crippen molar-refractivity contribution in [3.8, 4) is 5.69 Å². The number of aromatic nitrogens is 2. The zero-order valence-corrected chi connectivity index (χ0v) is 13.8. The van der Waals surface area contributed by atoms with Crippen molar-refractivity contribution in [3.05, 3.63) is 41.7 Å². The number of carbonyl (C=O) groups is 1. The first kappa shape index (κ1) is 17.0. The van der Waals surface area contributed by atoms with E-state index in [0.717, 1.165) is 23.5 Å². The smallest absolute Gasteiger partial charge is 0.319 e. The molecule has 0 radical (unpaired) electrons. The van der Waals surface area contributed by atoms with Crippen molar-refractivity contribution in [1.29, 1.82) is 0 Å². The third-order valence-corrected chi connectivity index (χ3v) is 3.51. The third-order valence-electron chi connectivity index (χ3n) is 3.51. The van der Waals surface area contributed by atoms with Crippen molar-refractivity contribution in [2.45, 2.75) is 39.7 Å². The molecular formula is C17H24N4O2. The Morgan fingerprint density at radius 2 is 2.09 bits per heavy atom. The number of benzene rings is 1. The van der Waals surface area contributed by atoms with Crippen LogP contribution in [-0.4, -0.2) is 33.6 Å². The Morgan fingerprint density at radius 3 is 2.74 bits per heavy atom. The monoisotopic (exact) mass is 316 g/mol. The molecule has 124 valence electrons.